The Balaban J connectivity index is 0.000000188. The Labute approximate surface area is 490 Å². The number of likely N-dealkylation sites (tertiary alicyclic amines) is 2. The van der Waals surface area contributed by atoms with Crippen molar-refractivity contribution in [2.75, 3.05) is 104 Å². The van der Waals surface area contributed by atoms with E-state index in [-0.39, 0.29) is 5.97 Å². The topological polar surface area (TPSA) is 287 Å². The first-order valence-electron chi connectivity index (χ1n) is 26.7. The number of carbonyl (C=O) groups excluding carboxylic acids is 3. The first kappa shape index (κ1) is 66.0. The van der Waals surface area contributed by atoms with Crippen LogP contribution in [0.15, 0.2) is 94.4 Å². The second-order valence-electron chi connectivity index (χ2n) is 20.3. The van der Waals surface area contributed by atoms with E-state index in [1.807, 2.05) is 46.2 Å². The number of aliphatic carboxylic acids is 1. The molecule has 25 heteroatoms. The summed E-state index contributed by atoms with van der Waals surface area (Å²) in [7, 11) is 5.50. The van der Waals surface area contributed by atoms with Gasteiger partial charge in [0.1, 0.15) is 0 Å². The third kappa shape index (κ3) is 19.7. The van der Waals surface area contributed by atoms with Gasteiger partial charge in [-0.2, -0.15) is 0 Å². The number of aliphatic hydroxyl groups is 4. The van der Waals surface area contributed by atoms with Gasteiger partial charge in [-0.05, 0) is 81.8 Å². The summed E-state index contributed by atoms with van der Waals surface area (Å²) in [4.78, 5) is 73.7. The molecule has 0 unspecified atom stereocenters. The maximum atomic E-state index is 11.8. The van der Waals surface area contributed by atoms with E-state index < -0.39 is 46.0 Å². The van der Waals surface area contributed by atoms with E-state index in [1.165, 1.54) is 32.5 Å². The van der Waals surface area contributed by atoms with Crippen LogP contribution in [0.1, 0.15) is 75.3 Å². The molecule has 7 heterocycles. The van der Waals surface area contributed by atoms with E-state index in [1.54, 1.807) is 31.9 Å². The fourth-order valence-corrected chi connectivity index (χ4v) is 9.96. The Kier molecular flexibility index (Phi) is 25.7. The van der Waals surface area contributed by atoms with Gasteiger partial charge < -0.3 is 59.6 Å². The van der Waals surface area contributed by atoms with Crippen LogP contribution in [0.4, 0.5) is 11.9 Å². The molecule has 9 rings (SSSR count). The number of carbonyl (C=O) groups is 4. The monoisotopic (exact) mass is 1250 g/mol. The standard InChI is InChI=1S/C13H16N2O.C13H17NO3.C12H16BrN3O3.C11H14BrN3O3.C7H13NO3/c1-14-13(16)7-9-15(10-8-13)11-12-5-3-2-4-6-12;15-12(16)13(17)6-8-14(9-7-13)10-11-4-2-1-3-5-11;1-18-10(17)12(19-2)3-5-16(6-4-12)11-14-7-9(13)8-15-11;1-18-9(16)11(17)2-4-15(5-3-11)10-13-6-8(12)7-14-10;1-11-6(9)7(10)2-4-8-5-3-7/h2-6,16H,7-11H2;1-5,17H,6-10H2,(H,15,16);7-8H,3-6H2,1-2H3;6-7,17H,2-5H2,1H3;8,10H,2-5H2,1H3. The highest BCUT2D eigenvalue weighted by molar-refractivity contribution is 9.10. The summed E-state index contributed by atoms with van der Waals surface area (Å²) in [6.07, 6.45) is 11.1. The van der Waals surface area contributed by atoms with Gasteiger partial charge >= 0.3 is 29.6 Å². The molecule has 2 aromatic heterocycles. The number of rotatable bonds is 11. The van der Waals surface area contributed by atoms with Gasteiger partial charge in [-0.3, -0.25) is 14.6 Å². The molecule has 81 heavy (non-hydrogen) atoms. The van der Waals surface area contributed by atoms with Crippen LogP contribution in [0.5, 0.6) is 0 Å². The molecular weight excluding hydrogens is 1180 g/mol. The number of nitrogens with one attached hydrogen (secondary N) is 1. The lowest BCUT2D eigenvalue weighted by Crippen LogP contribution is -2.51. The molecule has 2 aromatic carbocycles. The molecule has 0 atom stereocenters. The van der Waals surface area contributed by atoms with Gasteiger partial charge in [0.05, 0.1) is 43.1 Å². The maximum Gasteiger partial charge on any atom is 0.338 e. The summed E-state index contributed by atoms with van der Waals surface area (Å²) in [5.41, 5.74) is -3.56. The zero-order valence-electron chi connectivity index (χ0n) is 46.4. The van der Waals surface area contributed by atoms with Gasteiger partial charge in [0, 0.05) is 123 Å². The van der Waals surface area contributed by atoms with E-state index in [9.17, 15) is 39.6 Å². The van der Waals surface area contributed by atoms with Crippen molar-refractivity contribution in [3.63, 3.8) is 0 Å². The normalized spacial score (nSPS) is 19.7. The van der Waals surface area contributed by atoms with E-state index in [4.69, 9.17) is 21.2 Å². The Morgan fingerprint density at radius 1 is 0.543 bits per heavy atom. The fourth-order valence-electron chi connectivity index (χ4n) is 9.55. The highest BCUT2D eigenvalue weighted by atomic mass is 79.9. The number of hydrogen-bond donors (Lipinski definition) is 6. The molecule has 6 N–H and O–H groups in total. The number of piperidine rings is 5. The Morgan fingerprint density at radius 3 is 1.26 bits per heavy atom. The number of ether oxygens (including phenoxy) is 4. The SMILES string of the molecule is COC(=O)C1(O)CCN(c2ncc(Br)cn2)CC1.COC(=O)C1(O)CCNCC1.COC(=O)C1(OC)CCN(c2ncc(Br)cn2)CC1.O=C(O)C1(O)CCN(Cc2ccccc2)CC1.[C-]#[N+]C1(O)CCN(Cc2ccccc2)CC1. The van der Waals surface area contributed by atoms with Crippen LogP contribution in [0.3, 0.4) is 0 Å². The van der Waals surface area contributed by atoms with Gasteiger partial charge in [0.25, 0.3) is 0 Å². The van der Waals surface area contributed by atoms with Crippen molar-refractivity contribution in [1.82, 2.24) is 35.1 Å². The molecule has 0 bridgehead atoms. The fraction of sp³-hybridized carbons (Fsp3) is 0.554. The largest absolute Gasteiger partial charge is 0.479 e. The number of anilines is 2. The summed E-state index contributed by atoms with van der Waals surface area (Å²) in [5.74, 6) is -1.23. The molecule has 0 radical (unpaired) electrons. The van der Waals surface area contributed by atoms with Crippen LogP contribution in [0.2, 0.25) is 0 Å². The minimum absolute atomic E-state index is 0.301. The summed E-state index contributed by atoms with van der Waals surface area (Å²) < 4.78 is 20.9. The third-order valence-electron chi connectivity index (χ3n) is 14.9. The minimum Gasteiger partial charge on any atom is -0.479 e. The average Bonchev–Trinajstić information content (AvgIpc) is 3.50. The summed E-state index contributed by atoms with van der Waals surface area (Å²) in [6, 6.07) is 20.4. The number of hydrogen-bond acceptors (Lipinski definition) is 21. The number of aromatic nitrogens is 4. The van der Waals surface area contributed by atoms with Crippen molar-refractivity contribution in [1.29, 1.82) is 0 Å². The molecule has 5 saturated heterocycles. The number of carboxylic acids is 1. The van der Waals surface area contributed by atoms with Gasteiger partial charge in [0.2, 0.25) is 11.9 Å². The Morgan fingerprint density at radius 2 is 0.901 bits per heavy atom. The molecule has 0 aliphatic carbocycles. The quantitative estimate of drug-likeness (QED) is 0.0689. The van der Waals surface area contributed by atoms with Gasteiger partial charge in [-0.25, -0.2) is 45.7 Å². The van der Waals surface area contributed by atoms with E-state index in [2.05, 4.69) is 105 Å². The highest BCUT2D eigenvalue weighted by Gasteiger charge is 2.44. The van der Waals surface area contributed by atoms with E-state index in [0.29, 0.717) is 128 Å². The van der Waals surface area contributed by atoms with Crippen molar-refractivity contribution in [3.8, 4) is 0 Å². The van der Waals surface area contributed by atoms with Crippen molar-refractivity contribution in [2.45, 2.75) is 105 Å². The average molecular weight is 1260 g/mol. The molecular formula is C56H76Br2N10O13. The van der Waals surface area contributed by atoms with Gasteiger partial charge in [0.15, 0.2) is 22.4 Å². The Hall–Kier alpha value is -5.79. The lowest BCUT2D eigenvalue weighted by Gasteiger charge is -2.38. The van der Waals surface area contributed by atoms with E-state index in [0.717, 1.165) is 35.1 Å². The smallest absolute Gasteiger partial charge is 0.338 e. The maximum absolute atomic E-state index is 11.8. The summed E-state index contributed by atoms with van der Waals surface area (Å²) >= 11 is 6.57. The second-order valence-corrected chi connectivity index (χ2v) is 22.1. The van der Waals surface area contributed by atoms with Gasteiger partial charge in [-0.15, -0.1) is 0 Å². The summed E-state index contributed by atoms with van der Waals surface area (Å²) in [5, 5.41) is 51.3. The first-order chi connectivity index (χ1) is 38.7. The van der Waals surface area contributed by atoms with Crippen LogP contribution < -0.4 is 15.1 Å². The van der Waals surface area contributed by atoms with E-state index >= 15 is 0 Å². The number of esters is 3. The molecule has 4 aromatic rings. The number of benzene rings is 2. The molecule has 0 saturated carbocycles. The molecule has 442 valence electrons. The number of methoxy groups -OCH3 is 4. The van der Waals surface area contributed by atoms with Crippen LogP contribution in [-0.4, -0.2) is 201 Å². The minimum atomic E-state index is -1.52. The van der Waals surface area contributed by atoms with Crippen LogP contribution in [-0.2, 0) is 51.2 Å². The van der Waals surface area contributed by atoms with Crippen molar-refractivity contribution < 1.29 is 63.7 Å². The first-order valence-corrected chi connectivity index (χ1v) is 28.3. The van der Waals surface area contributed by atoms with Crippen LogP contribution >= 0.6 is 31.9 Å². The number of carboxylic acid groups (broad SMARTS) is 1. The van der Waals surface area contributed by atoms with Crippen molar-refractivity contribution in [2.24, 2.45) is 0 Å². The number of halogens is 2. The zero-order valence-corrected chi connectivity index (χ0v) is 49.6. The van der Waals surface area contributed by atoms with Crippen LogP contribution in [0, 0.1) is 6.57 Å². The van der Waals surface area contributed by atoms with Crippen LogP contribution in [0.25, 0.3) is 4.85 Å². The molecule has 5 aliphatic rings. The lowest BCUT2D eigenvalue weighted by molar-refractivity contribution is -0.168. The van der Waals surface area contributed by atoms with Crippen molar-refractivity contribution in [3.05, 3.63) is 117 Å². The van der Waals surface area contributed by atoms with Gasteiger partial charge in [-0.1, -0.05) is 60.7 Å². The molecule has 23 nitrogen and oxygen atoms in total. The second kappa shape index (κ2) is 31.6. The third-order valence-corrected chi connectivity index (χ3v) is 15.7. The predicted octanol–water partition coefficient (Wildman–Crippen LogP) is 4.40. The molecule has 5 fully saturated rings. The highest BCUT2D eigenvalue weighted by Crippen LogP contribution is 2.30. The molecule has 5 aliphatic heterocycles. The summed E-state index contributed by atoms with van der Waals surface area (Å²) in [6.45, 7) is 15.2. The molecule has 0 amide bonds. The Bertz CT molecular complexity index is 2600. The van der Waals surface area contributed by atoms with Crippen molar-refractivity contribution >= 4 is 67.6 Å². The number of nitrogens with zero attached hydrogens (tertiary/aromatic N) is 9. The molecule has 0 spiro atoms. The lowest BCUT2D eigenvalue weighted by atomic mass is 9.91. The zero-order chi connectivity index (χ0) is 59.1. The predicted molar refractivity (Wildman–Crippen MR) is 306 cm³/mol.